The van der Waals surface area contributed by atoms with Crippen molar-refractivity contribution in [1.29, 1.82) is 0 Å². The first-order valence-corrected chi connectivity index (χ1v) is 14.2. The van der Waals surface area contributed by atoms with E-state index < -0.39 is 21.3 Å². The Hall–Kier alpha value is 0.213. The molecule has 2 aromatic carbocycles. The first-order chi connectivity index (χ1) is 12.2. The Kier molecular flexibility index (Phi) is 7.24. The zero-order chi connectivity index (χ0) is 17.0. The summed E-state index contributed by atoms with van der Waals surface area (Å²) in [4.78, 5) is 0. The Balaban J connectivity index is 0.00000105. The van der Waals surface area contributed by atoms with Gasteiger partial charge in [0.1, 0.15) is 0 Å². The molecule has 3 aliphatic carbocycles. The first kappa shape index (κ1) is 21.9. The van der Waals surface area contributed by atoms with Gasteiger partial charge in [0.25, 0.3) is 0 Å². The van der Waals surface area contributed by atoms with Crippen molar-refractivity contribution in [2.45, 2.75) is 32.1 Å². The van der Waals surface area contributed by atoms with Crippen molar-refractivity contribution >= 4 is 38.3 Å². The van der Waals surface area contributed by atoms with Crippen molar-refractivity contribution in [3.05, 3.63) is 71.9 Å². The molecular formula is C22H18Br2Cl2Zr. The van der Waals surface area contributed by atoms with Crippen LogP contribution in [-0.4, -0.2) is 3.21 Å². The van der Waals surface area contributed by atoms with Crippen molar-refractivity contribution in [2.24, 2.45) is 0 Å². The molecule has 0 aromatic heterocycles. The normalized spacial score (nSPS) is 15.6. The van der Waals surface area contributed by atoms with Crippen LogP contribution >= 0.6 is 31.9 Å². The molecule has 0 nitrogen and oxygen atoms in total. The summed E-state index contributed by atoms with van der Waals surface area (Å²) >= 11 is 5.58. The third-order valence-corrected chi connectivity index (χ3v) is 14.4. The van der Waals surface area contributed by atoms with Crippen molar-refractivity contribution in [3.63, 3.8) is 0 Å². The molecule has 0 N–H and O–H groups in total. The van der Waals surface area contributed by atoms with Crippen LogP contribution in [0.5, 0.6) is 0 Å². The maximum absolute atomic E-state index is 3.83. The molecule has 0 aliphatic heterocycles. The molecule has 5 heteroatoms. The molecule has 0 bridgehead atoms. The van der Waals surface area contributed by atoms with E-state index in [1.807, 2.05) is 3.21 Å². The van der Waals surface area contributed by atoms with Gasteiger partial charge in [-0.15, -0.1) is 0 Å². The predicted octanol–water partition coefficient (Wildman–Crippen LogP) is 0.234. The Morgan fingerprint density at radius 3 is 2.33 bits per heavy atom. The van der Waals surface area contributed by atoms with Gasteiger partial charge in [-0.2, -0.15) is 0 Å². The minimum Gasteiger partial charge on any atom is -1.00 e. The van der Waals surface area contributed by atoms with Gasteiger partial charge in [0.15, 0.2) is 0 Å². The molecule has 3 aliphatic rings. The van der Waals surface area contributed by atoms with Crippen LogP contribution in [0.15, 0.2) is 60.8 Å². The molecule has 1 saturated carbocycles. The van der Waals surface area contributed by atoms with Gasteiger partial charge in [-0.25, -0.2) is 0 Å². The van der Waals surface area contributed by atoms with E-state index in [2.05, 4.69) is 80.4 Å². The summed E-state index contributed by atoms with van der Waals surface area (Å²) in [5.74, 6) is 0. The van der Waals surface area contributed by atoms with E-state index in [0.29, 0.717) is 0 Å². The van der Waals surface area contributed by atoms with Gasteiger partial charge in [-0.1, -0.05) is 0 Å². The maximum Gasteiger partial charge on any atom is -1.00 e. The largest absolute Gasteiger partial charge is 1.00 e. The minimum absolute atomic E-state index is 0. The summed E-state index contributed by atoms with van der Waals surface area (Å²) in [6.45, 7) is 0. The standard InChI is InChI=1S/C13H7Br2.C5H5.C4H6.2ClH.Zr/c14-10-3-1-8-5-9-2-4-11(15)7-13(9)12(8)6-10;1-2-4-5-3-1;1-2-4-3-1;;;/h1,3-4,6-7H,5H2;1-3H,4H2;1-3H2;2*1H;/q;;;;;+2/p-2. The third-order valence-electron chi connectivity index (χ3n) is 5.62. The zero-order valence-electron chi connectivity index (χ0n) is 14.7. The molecule has 1 fully saturated rings. The second-order valence-electron chi connectivity index (χ2n) is 7.11. The van der Waals surface area contributed by atoms with Gasteiger partial charge in [0.2, 0.25) is 0 Å². The third kappa shape index (κ3) is 3.97. The van der Waals surface area contributed by atoms with Crippen LogP contribution in [0.4, 0.5) is 0 Å². The monoisotopic (exact) mass is 600 g/mol. The smallest absolute Gasteiger partial charge is 1.00 e. The quantitative estimate of drug-likeness (QED) is 0.394. The Morgan fingerprint density at radius 1 is 0.889 bits per heavy atom. The molecule has 0 unspecified atom stereocenters. The fourth-order valence-electron chi connectivity index (χ4n) is 4.26. The van der Waals surface area contributed by atoms with E-state index in [1.165, 1.54) is 51.3 Å². The van der Waals surface area contributed by atoms with E-state index in [0.717, 1.165) is 6.42 Å². The fourth-order valence-corrected chi connectivity index (χ4v) is 14.1. The van der Waals surface area contributed by atoms with E-state index in [4.69, 9.17) is 0 Å². The number of allylic oxidation sites excluding steroid dienone is 4. The molecule has 5 rings (SSSR count). The predicted molar refractivity (Wildman–Crippen MR) is 110 cm³/mol. The van der Waals surface area contributed by atoms with Gasteiger partial charge < -0.3 is 24.8 Å². The minimum atomic E-state index is -1.90. The Labute approximate surface area is 197 Å². The number of hydrogen-bond acceptors (Lipinski definition) is 0. The van der Waals surface area contributed by atoms with E-state index in [9.17, 15) is 0 Å². The first-order valence-electron chi connectivity index (χ1n) is 8.90. The number of hydrogen-bond donors (Lipinski definition) is 0. The summed E-state index contributed by atoms with van der Waals surface area (Å²) in [6, 6.07) is 11.6. The van der Waals surface area contributed by atoms with Gasteiger partial charge in [0, 0.05) is 0 Å². The van der Waals surface area contributed by atoms with Crippen LogP contribution in [0.2, 0.25) is 0 Å². The number of rotatable bonds is 2. The van der Waals surface area contributed by atoms with E-state index >= 15 is 0 Å². The molecule has 27 heavy (non-hydrogen) atoms. The SMILES string of the molecule is Brc1ccc2c(c1)-c1cc(Br)c[c]([Zr+2]([C]3=CC=CC3)=[C]3CCC3)c1C2.[Cl-].[Cl-]. The average Bonchev–Trinajstić information content (AvgIpc) is 3.18. The van der Waals surface area contributed by atoms with Gasteiger partial charge in [0.05, 0.1) is 0 Å². The number of halogens is 4. The van der Waals surface area contributed by atoms with Crippen LogP contribution < -0.4 is 28.1 Å². The summed E-state index contributed by atoms with van der Waals surface area (Å²) in [7, 11) is 0. The van der Waals surface area contributed by atoms with Crippen LogP contribution in [0.3, 0.4) is 0 Å². The van der Waals surface area contributed by atoms with E-state index in [1.54, 1.807) is 12.1 Å². The molecule has 138 valence electrons. The van der Waals surface area contributed by atoms with Gasteiger partial charge in [-0.05, 0) is 0 Å². The molecule has 0 amide bonds. The van der Waals surface area contributed by atoms with Crippen LogP contribution in [0.1, 0.15) is 36.8 Å². The molecule has 0 saturated heterocycles. The van der Waals surface area contributed by atoms with Crippen molar-refractivity contribution < 1.29 is 46.1 Å². The average molecular weight is 604 g/mol. The Morgan fingerprint density at radius 2 is 1.67 bits per heavy atom. The molecular weight excluding hydrogens is 586 g/mol. The molecule has 0 heterocycles. The molecule has 0 spiro atoms. The van der Waals surface area contributed by atoms with Gasteiger partial charge >= 0.3 is 175 Å². The van der Waals surface area contributed by atoms with Crippen LogP contribution in [0.25, 0.3) is 11.1 Å². The van der Waals surface area contributed by atoms with Crippen molar-refractivity contribution in [1.82, 2.24) is 0 Å². The van der Waals surface area contributed by atoms with Gasteiger partial charge in [-0.3, -0.25) is 0 Å². The number of fused-ring (bicyclic) bond motifs is 3. The van der Waals surface area contributed by atoms with E-state index in [-0.39, 0.29) is 24.8 Å². The second-order valence-corrected chi connectivity index (χ2v) is 15.4. The fraction of sp³-hybridized carbons (Fsp3) is 0.227. The molecule has 2 aromatic rings. The summed E-state index contributed by atoms with van der Waals surface area (Å²) in [5.41, 5.74) is 5.99. The zero-order valence-corrected chi connectivity index (χ0v) is 21.8. The molecule has 0 radical (unpaired) electrons. The van der Waals surface area contributed by atoms with Crippen molar-refractivity contribution in [2.75, 3.05) is 0 Å². The summed E-state index contributed by atoms with van der Waals surface area (Å²) in [6.07, 6.45) is 13.5. The topological polar surface area (TPSA) is 0 Å². The van der Waals surface area contributed by atoms with Crippen molar-refractivity contribution in [3.8, 4) is 11.1 Å². The van der Waals surface area contributed by atoms with Crippen LogP contribution in [-0.2, 0) is 27.7 Å². The second kappa shape index (κ2) is 8.92. The summed E-state index contributed by atoms with van der Waals surface area (Å²) < 4.78 is 7.85. The molecule has 0 atom stereocenters. The number of benzene rings is 2. The summed E-state index contributed by atoms with van der Waals surface area (Å²) in [5, 5.41) is 0. The maximum atomic E-state index is 3.83. The van der Waals surface area contributed by atoms with Crippen LogP contribution in [0, 0.1) is 0 Å². The Bertz CT molecular complexity index is 1000.